The monoisotopic (exact) mass is 472 g/mol. The first kappa shape index (κ1) is 25.5. The number of methoxy groups -OCH3 is 1. The fourth-order valence-corrected chi connectivity index (χ4v) is 5.69. The van der Waals surface area contributed by atoms with Crippen LogP contribution in [0.1, 0.15) is 37.3 Å². The number of benzene rings is 2. The van der Waals surface area contributed by atoms with Gasteiger partial charge in [0.1, 0.15) is 5.75 Å². The molecule has 2 rings (SSSR count). The van der Waals surface area contributed by atoms with Gasteiger partial charge in [0, 0.05) is 12.7 Å². The second-order valence-electron chi connectivity index (χ2n) is 7.28. The summed E-state index contributed by atoms with van der Waals surface area (Å²) in [5.74, 6) is 0.721. The molecule has 0 heterocycles. The lowest BCUT2D eigenvalue weighted by Gasteiger charge is -2.15. The molecular formula is C21H29O8PS. The van der Waals surface area contributed by atoms with Crippen LogP contribution in [0.15, 0.2) is 42.5 Å². The molecule has 2 aromatic rings. The molecule has 0 bridgehead atoms. The lowest BCUT2D eigenvalue weighted by atomic mass is 9.99. The van der Waals surface area contributed by atoms with Crippen molar-refractivity contribution in [2.45, 2.75) is 44.0 Å². The number of aryl methyl sites for hydroxylation is 2. The van der Waals surface area contributed by atoms with Gasteiger partial charge in [-0.15, -0.1) is 0 Å². The van der Waals surface area contributed by atoms with E-state index in [-0.39, 0.29) is 19.6 Å². The van der Waals surface area contributed by atoms with Crippen molar-refractivity contribution in [2.24, 2.45) is 0 Å². The van der Waals surface area contributed by atoms with E-state index in [0.29, 0.717) is 6.42 Å². The standard InChI is InChI=1S/C21H29O8PS/c1-3-5-17-10-13-19(20(14-17)29-15-28-2)18-11-8-16(9-12-18)6-4-7-21(30(22,23)24)31(25,26)27/h8-14,21H,3-7,15H2,1-2H3,(H2,22,23,24)(H,25,26,27). The summed E-state index contributed by atoms with van der Waals surface area (Å²) in [5.41, 5.74) is 3.90. The van der Waals surface area contributed by atoms with Crippen molar-refractivity contribution in [1.29, 1.82) is 0 Å². The number of hydrogen-bond acceptors (Lipinski definition) is 5. The van der Waals surface area contributed by atoms with Gasteiger partial charge in [-0.2, -0.15) is 8.42 Å². The zero-order valence-corrected chi connectivity index (χ0v) is 19.3. The lowest BCUT2D eigenvalue weighted by molar-refractivity contribution is 0.0515. The van der Waals surface area contributed by atoms with Gasteiger partial charge in [0.25, 0.3) is 10.1 Å². The molecule has 1 unspecified atom stereocenters. The Bertz CT molecular complexity index is 999. The summed E-state index contributed by atoms with van der Waals surface area (Å²) in [6, 6.07) is 13.6. The minimum absolute atomic E-state index is 0.134. The summed E-state index contributed by atoms with van der Waals surface area (Å²) < 4.78 is 53.6. The maximum atomic E-state index is 11.3. The van der Waals surface area contributed by atoms with Gasteiger partial charge in [-0.05, 0) is 48.4 Å². The first-order valence-electron chi connectivity index (χ1n) is 9.91. The highest BCUT2D eigenvalue weighted by molar-refractivity contribution is 7.93. The highest BCUT2D eigenvalue weighted by atomic mass is 32.2. The molecule has 10 heteroatoms. The van der Waals surface area contributed by atoms with Gasteiger partial charge in [0.2, 0.25) is 0 Å². The van der Waals surface area contributed by atoms with Crippen LogP contribution in [0.3, 0.4) is 0 Å². The normalized spacial score (nSPS) is 13.2. The van der Waals surface area contributed by atoms with E-state index in [0.717, 1.165) is 35.3 Å². The first-order chi connectivity index (χ1) is 14.6. The van der Waals surface area contributed by atoms with E-state index in [1.165, 1.54) is 5.56 Å². The van der Waals surface area contributed by atoms with E-state index >= 15 is 0 Å². The third kappa shape index (κ3) is 7.71. The van der Waals surface area contributed by atoms with Crippen LogP contribution in [0.4, 0.5) is 0 Å². The first-order valence-corrected chi connectivity index (χ1v) is 13.1. The smallest absolute Gasteiger partial charge is 0.346 e. The maximum absolute atomic E-state index is 11.3. The van der Waals surface area contributed by atoms with Crippen LogP contribution in [-0.4, -0.2) is 41.7 Å². The Balaban J connectivity index is 2.12. The van der Waals surface area contributed by atoms with Gasteiger partial charge in [-0.1, -0.05) is 49.7 Å². The molecule has 0 fully saturated rings. The Morgan fingerprint density at radius 3 is 2.23 bits per heavy atom. The zero-order chi connectivity index (χ0) is 23.1. The fraction of sp³-hybridized carbons (Fsp3) is 0.429. The van der Waals surface area contributed by atoms with Gasteiger partial charge in [0.15, 0.2) is 11.8 Å². The van der Waals surface area contributed by atoms with Gasteiger partial charge >= 0.3 is 7.60 Å². The summed E-state index contributed by atoms with van der Waals surface area (Å²) in [7, 11) is -8.22. The SMILES string of the molecule is CCCc1ccc(-c2ccc(CCCC(P(=O)(O)O)S(=O)(=O)O)cc2)c(OCOC)c1. The number of rotatable bonds is 12. The Morgan fingerprint density at radius 1 is 1.03 bits per heavy atom. The van der Waals surface area contributed by atoms with Crippen LogP contribution < -0.4 is 4.74 Å². The van der Waals surface area contributed by atoms with Crippen molar-refractivity contribution in [2.75, 3.05) is 13.9 Å². The Labute approximate surface area is 183 Å². The van der Waals surface area contributed by atoms with Crippen molar-refractivity contribution in [1.82, 2.24) is 0 Å². The molecule has 172 valence electrons. The largest absolute Gasteiger partial charge is 0.467 e. The minimum Gasteiger partial charge on any atom is -0.467 e. The van der Waals surface area contributed by atoms with Crippen molar-refractivity contribution in [3.8, 4) is 16.9 Å². The van der Waals surface area contributed by atoms with E-state index in [1.54, 1.807) is 7.11 Å². The van der Waals surface area contributed by atoms with E-state index in [4.69, 9.17) is 23.8 Å². The van der Waals surface area contributed by atoms with Gasteiger partial charge in [-0.25, -0.2) is 0 Å². The highest BCUT2D eigenvalue weighted by Gasteiger charge is 2.38. The highest BCUT2D eigenvalue weighted by Crippen LogP contribution is 2.46. The van der Waals surface area contributed by atoms with Crippen LogP contribution >= 0.6 is 7.60 Å². The maximum Gasteiger partial charge on any atom is 0.346 e. The summed E-state index contributed by atoms with van der Waals surface area (Å²) >= 11 is 0. The number of hydrogen-bond donors (Lipinski definition) is 3. The van der Waals surface area contributed by atoms with Gasteiger partial charge in [-0.3, -0.25) is 9.12 Å². The average Bonchev–Trinajstić information content (AvgIpc) is 2.69. The minimum atomic E-state index is -4.95. The second-order valence-corrected chi connectivity index (χ2v) is 11.0. The van der Waals surface area contributed by atoms with Crippen LogP contribution in [0.2, 0.25) is 0 Å². The molecule has 8 nitrogen and oxygen atoms in total. The third-order valence-electron chi connectivity index (χ3n) is 4.82. The summed E-state index contributed by atoms with van der Waals surface area (Å²) in [6.45, 7) is 2.25. The van der Waals surface area contributed by atoms with Crippen LogP contribution in [0.5, 0.6) is 5.75 Å². The molecule has 3 N–H and O–H groups in total. The average molecular weight is 472 g/mol. The fourth-order valence-electron chi connectivity index (χ4n) is 3.31. The molecule has 31 heavy (non-hydrogen) atoms. The molecule has 0 spiro atoms. The Hall–Kier alpha value is -1.74. The Kier molecular flexibility index (Phi) is 9.24. The van der Waals surface area contributed by atoms with Gasteiger partial charge < -0.3 is 19.3 Å². The lowest BCUT2D eigenvalue weighted by Crippen LogP contribution is -2.20. The molecule has 0 saturated carbocycles. The van der Waals surface area contributed by atoms with E-state index in [2.05, 4.69) is 13.0 Å². The number of ether oxygens (including phenoxy) is 2. The van der Waals surface area contributed by atoms with E-state index in [1.807, 2.05) is 36.4 Å². The molecule has 0 saturated heterocycles. The molecule has 0 aliphatic carbocycles. The van der Waals surface area contributed by atoms with Crippen LogP contribution in [-0.2, 0) is 32.3 Å². The summed E-state index contributed by atoms with van der Waals surface area (Å²) in [4.78, 5) is 16.2. The molecule has 0 aliphatic heterocycles. The van der Waals surface area contributed by atoms with Crippen molar-refractivity contribution >= 4 is 17.7 Å². The molecule has 1 atom stereocenters. The molecule has 0 aliphatic rings. The third-order valence-corrected chi connectivity index (χ3v) is 8.37. The quantitative estimate of drug-likeness (QED) is 0.240. The van der Waals surface area contributed by atoms with Crippen LogP contribution in [0.25, 0.3) is 11.1 Å². The van der Waals surface area contributed by atoms with Gasteiger partial charge in [0.05, 0.1) is 0 Å². The predicted molar refractivity (Wildman–Crippen MR) is 119 cm³/mol. The molecule has 2 aromatic carbocycles. The summed E-state index contributed by atoms with van der Waals surface area (Å²) in [5, 5.41) is 0. The second kappa shape index (κ2) is 11.2. The zero-order valence-electron chi connectivity index (χ0n) is 17.6. The molecular weight excluding hydrogens is 443 g/mol. The van der Waals surface area contributed by atoms with E-state index in [9.17, 15) is 13.0 Å². The van der Waals surface area contributed by atoms with Crippen molar-refractivity contribution < 1.29 is 36.8 Å². The summed E-state index contributed by atoms with van der Waals surface area (Å²) in [6.07, 6.45) is 2.25. The predicted octanol–water partition coefficient (Wildman–Crippen LogP) is 4.00. The molecule has 0 amide bonds. The molecule has 0 aromatic heterocycles. The van der Waals surface area contributed by atoms with E-state index < -0.39 is 22.7 Å². The van der Waals surface area contributed by atoms with Crippen molar-refractivity contribution in [3.05, 3.63) is 53.6 Å². The Morgan fingerprint density at radius 2 is 1.68 bits per heavy atom. The topological polar surface area (TPSA) is 130 Å². The van der Waals surface area contributed by atoms with Crippen molar-refractivity contribution in [3.63, 3.8) is 0 Å². The molecule has 0 radical (unpaired) electrons. The van der Waals surface area contributed by atoms with Crippen LogP contribution in [0, 0.1) is 0 Å².